The van der Waals surface area contributed by atoms with Gasteiger partial charge in [0.05, 0.1) is 5.57 Å². The Morgan fingerprint density at radius 3 is 2.60 bits per heavy atom. The molecule has 3 nitrogen and oxygen atoms in total. The first kappa shape index (κ1) is 18.7. The Morgan fingerprint density at radius 2 is 1.88 bits per heavy atom. The summed E-state index contributed by atoms with van der Waals surface area (Å²) in [6.45, 7) is 4.03. The van der Waals surface area contributed by atoms with Crippen molar-refractivity contribution in [3.8, 4) is 0 Å². The Labute approximate surface area is 149 Å². The van der Waals surface area contributed by atoms with Crippen LogP contribution in [0.25, 0.3) is 5.57 Å². The van der Waals surface area contributed by atoms with Crippen molar-refractivity contribution >= 4 is 17.3 Å². The predicted molar refractivity (Wildman–Crippen MR) is 103 cm³/mol. The van der Waals surface area contributed by atoms with Crippen molar-refractivity contribution in [1.82, 2.24) is 5.32 Å². The number of Topliss-reactive ketones (excluding diaryl/α,β-unsaturated/α-hetero) is 1. The number of carbonyl (C=O) groups excluding carboxylic acids is 2. The minimum absolute atomic E-state index is 0.176. The number of unbranched alkanes of at least 4 members (excludes halogenated alkanes) is 1. The van der Waals surface area contributed by atoms with Gasteiger partial charge in [-0.25, -0.2) is 0 Å². The van der Waals surface area contributed by atoms with Crippen LogP contribution in [0.2, 0.25) is 0 Å². The van der Waals surface area contributed by atoms with Crippen LogP contribution in [-0.4, -0.2) is 11.7 Å². The van der Waals surface area contributed by atoms with Gasteiger partial charge in [0.2, 0.25) is 0 Å². The Balaban J connectivity index is 2.02. The Bertz CT molecular complexity index is 724. The molecule has 1 N–H and O–H groups in total. The fourth-order valence-electron chi connectivity index (χ4n) is 2.72. The third-order valence-electron chi connectivity index (χ3n) is 4.09. The number of rotatable bonds is 7. The van der Waals surface area contributed by atoms with Crippen molar-refractivity contribution in [2.24, 2.45) is 5.92 Å². The van der Waals surface area contributed by atoms with Crippen LogP contribution in [0.3, 0.4) is 0 Å². The summed E-state index contributed by atoms with van der Waals surface area (Å²) in [5.41, 5.74) is 1.60. The molecule has 2 rings (SSSR count). The van der Waals surface area contributed by atoms with Gasteiger partial charge in [-0.1, -0.05) is 67.6 Å². The van der Waals surface area contributed by atoms with Gasteiger partial charge in [0.15, 0.2) is 5.78 Å². The summed E-state index contributed by atoms with van der Waals surface area (Å²) < 4.78 is 0. The first-order valence-corrected chi connectivity index (χ1v) is 8.74. The van der Waals surface area contributed by atoms with E-state index in [1.165, 1.54) is 6.20 Å². The molecule has 1 unspecified atom stereocenters. The van der Waals surface area contributed by atoms with Gasteiger partial charge in [0.1, 0.15) is 0 Å². The zero-order valence-electron chi connectivity index (χ0n) is 14.9. The van der Waals surface area contributed by atoms with E-state index in [0.29, 0.717) is 5.57 Å². The third kappa shape index (κ3) is 5.42. The molecule has 0 aromatic heterocycles. The van der Waals surface area contributed by atoms with E-state index in [1.807, 2.05) is 68.5 Å². The molecule has 130 valence electrons. The van der Waals surface area contributed by atoms with Gasteiger partial charge in [-0.05, 0) is 37.7 Å². The maximum Gasteiger partial charge on any atom is 0.258 e. The van der Waals surface area contributed by atoms with Gasteiger partial charge in [-0.3, -0.25) is 9.59 Å². The number of benzene rings is 1. The van der Waals surface area contributed by atoms with Gasteiger partial charge >= 0.3 is 0 Å². The zero-order valence-corrected chi connectivity index (χ0v) is 14.9. The van der Waals surface area contributed by atoms with Gasteiger partial charge in [0.25, 0.3) is 5.91 Å². The Kier molecular flexibility index (Phi) is 7.15. The Morgan fingerprint density at radius 1 is 1.12 bits per heavy atom. The van der Waals surface area contributed by atoms with Crippen molar-refractivity contribution in [2.75, 3.05) is 0 Å². The van der Waals surface area contributed by atoms with Crippen LogP contribution in [0.4, 0.5) is 0 Å². The lowest BCUT2D eigenvalue weighted by molar-refractivity contribution is -0.120. The molecule has 25 heavy (non-hydrogen) atoms. The highest BCUT2D eigenvalue weighted by Crippen LogP contribution is 2.23. The lowest BCUT2D eigenvalue weighted by atomic mass is 9.91. The van der Waals surface area contributed by atoms with Crippen LogP contribution in [0, 0.1) is 5.92 Å². The normalized spacial score (nSPS) is 18.0. The molecule has 0 fully saturated rings. The molecule has 0 saturated heterocycles. The number of carbonyl (C=O) groups is 2. The second kappa shape index (κ2) is 9.58. The van der Waals surface area contributed by atoms with Crippen molar-refractivity contribution in [3.63, 3.8) is 0 Å². The molecule has 0 saturated carbocycles. The van der Waals surface area contributed by atoms with E-state index in [0.717, 1.165) is 24.8 Å². The van der Waals surface area contributed by atoms with E-state index in [2.05, 4.69) is 11.4 Å². The first-order chi connectivity index (χ1) is 12.1. The molecule has 1 aliphatic rings. The highest BCUT2D eigenvalue weighted by Gasteiger charge is 2.27. The molecule has 3 heteroatoms. The molecule has 1 aliphatic heterocycles. The molecule has 1 aromatic rings. The smallest absolute Gasteiger partial charge is 0.258 e. The van der Waals surface area contributed by atoms with Gasteiger partial charge in [-0.15, -0.1) is 0 Å². The number of hydrogen-bond acceptors (Lipinski definition) is 2. The van der Waals surface area contributed by atoms with Crippen LogP contribution in [-0.2, 0) is 9.59 Å². The second-order valence-corrected chi connectivity index (χ2v) is 6.17. The fraction of sp³-hybridized carbons (Fsp3) is 0.273. The summed E-state index contributed by atoms with van der Waals surface area (Å²) in [5, 5.41) is 2.70. The first-order valence-electron chi connectivity index (χ1n) is 8.74. The van der Waals surface area contributed by atoms with E-state index in [1.54, 1.807) is 0 Å². The highest BCUT2D eigenvalue weighted by atomic mass is 16.2. The van der Waals surface area contributed by atoms with Crippen LogP contribution < -0.4 is 5.32 Å². The number of allylic oxidation sites excluding steroid dienone is 6. The molecular weight excluding hydrogens is 310 g/mol. The summed E-state index contributed by atoms with van der Waals surface area (Å²) in [4.78, 5) is 24.8. The van der Waals surface area contributed by atoms with Crippen LogP contribution >= 0.6 is 0 Å². The van der Waals surface area contributed by atoms with E-state index in [-0.39, 0.29) is 23.2 Å². The SMILES string of the molecule is C/C=C/C=C/CCCC(C)/C=C1\C(=O)NC=C(c2ccccc2)C1=O. The number of nitrogens with one attached hydrogen (secondary N) is 1. The molecular formula is C22H25NO2. The number of ketones is 1. The maximum absolute atomic E-state index is 12.7. The minimum atomic E-state index is -0.315. The van der Waals surface area contributed by atoms with Crippen LogP contribution in [0.5, 0.6) is 0 Å². The summed E-state index contributed by atoms with van der Waals surface area (Å²) in [5.74, 6) is -0.339. The topological polar surface area (TPSA) is 46.2 Å². The van der Waals surface area contributed by atoms with E-state index < -0.39 is 0 Å². The van der Waals surface area contributed by atoms with Crippen molar-refractivity contribution < 1.29 is 9.59 Å². The van der Waals surface area contributed by atoms with Crippen molar-refractivity contribution in [3.05, 3.63) is 78.0 Å². The minimum Gasteiger partial charge on any atom is -0.328 e. The lowest BCUT2D eigenvalue weighted by Crippen LogP contribution is -2.31. The van der Waals surface area contributed by atoms with Crippen molar-refractivity contribution in [2.45, 2.75) is 33.1 Å². The summed E-state index contributed by atoms with van der Waals surface area (Å²) in [7, 11) is 0. The monoisotopic (exact) mass is 335 g/mol. The number of amides is 1. The van der Waals surface area contributed by atoms with Crippen molar-refractivity contribution in [1.29, 1.82) is 0 Å². The lowest BCUT2D eigenvalue weighted by Gasteiger charge is -2.17. The van der Waals surface area contributed by atoms with Crippen LogP contribution in [0.15, 0.2) is 72.5 Å². The molecule has 0 spiro atoms. The molecule has 1 atom stereocenters. The molecule has 0 bridgehead atoms. The summed E-state index contributed by atoms with van der Waals surface area (Å²) >= 11 is 0. The zero-order chi connectivity index (χ0) is 18.1. The highest BCUT2D eigenvalue weighted by molar-refractivity contribution is 6.40. The van der Waals surface area contributed by atoms with E-state index in [4.69, 9.17) is 0 Å². The quantitative estimate of drug-likeness (QED) is 0.343. The van der Waals surface area contributed by atoms with E-state index >= 15 is 0 Å². The van der Waals surface area contributed by atoms with Gasteiger partial charge in [-0.2, -0.15) is 0 Å². The maximum atomic E-state index is 12.7. The second-order valence-electron chi connectivity index (χ2n) is 6.17. The molecule has 1 heterocycles. The van der Waals surface area contributed by atoms with Gasteiger partial charge < -0.3 is 5.32 Å². The Hall–Kier alpha value is -2.68. The predicted octanol–water partition coefficient (Wildman–Crippen LogP) is 4.59. The standard InChI is InChI=1S/C22H25NO2/c1-3-4-5-6-7-9-12-17(2)15-19-21(24)20(16-23-22(19)25)18-13-10-8-11-14-18/h3-6,8,10-11,13-17H,7,9,12H2,1-2H3,(H,23,25)/b4-3+,6-5+,19-15-. The average Bonchev–Trinajstić information content (AvgIpc) is 2.62. The van der Waals surface area contributed by atoms with Gasteiger partial charge in [0, 0.05) is 11.8 Å². The average molecular weight is 335 g/mol. The summed E-state index contributed by atoms with van der Waals surface area (Å²) in [6.07, 6.45) is 14.4. The number of hydrogen-bond donors (Lipinski definition) is 1. The third-order valence-corrected chi connectivity index (χ3v) is 4.09. The molecule has 1 amide bonds. The largest absolute Gasteiger partial charge is 0.328 e. The molecule has 0 radical (unpaired) electrons. The summed E-state index contributed by atoms with van der Waals surface area (Å²) in [6, 6.07) is 9.42. The van der Waals surface area contributed by atoms with E-state index in [9.17, 15) is 9.59 Å². The fourth-order valence-corrected chi connectivity index (χ4v) is 2.72. The molecule has 0 aliphatic carbocycles. The molecule has 1 aromatic carbocycles. The van der Waals surface area contributed by atoms with Crippen LogP contribution in [0.1, 0.15) is 38.7 Å².